The van der Waals surface area contributed by atoms with Crippen molar-refractivity contribution < 1.29 is 24.0 Å². The molecule has 0 radical (unpaired) electrons. The van der Waals surface area contributed by atoms with E-state index in [1.165, 1.54) is 19.2 Å². The van der Waals surface area contributed by atoms with Gasteiger partial charge in [0.25, 0.3) is 0 Å². The highest BCUT2D eigenvalue weighted by atomic mass is 79.9. The van der Waals surface area contributed by atoms with E-state index < -0.39 is 10.8 Å². The van der Waals surface area contributed by atoms with Gasteiger partial charge in [-0.15, -0.1) is 0 Å². The number of halogens is 1. The van der Waals surface area contributed by atoms with E-state index in [0.717, 1.165) is 6.42 Å². The molecule has 0 bridgehead atoms. The lowest BCUT2D eigenvalue weighted by atomic mass is 9.71. The minimum absolute atomic E-state index is 0.00431. The highest BCUT2D eigenvalue weighted by Gasteiger charge is 2.48. The third-order valence-electron chi connectivity index (χ3n) is 4.98. The predicted molar refractivity (Wildman–Crippen MR) is 110 cm³/mol. The third kappa shape index (κ3) is 5.17. The van der Waals surface area contributed by atoms with Gasteiger partial charge in [0, 0.05) is 24.2 Å². The summed E-state index contributed by atoms with van der Waals surface area (Å²) in [4.78, 5) is 35.8. The van der Waals surface area contributed by atoms with Gasteiger partial charge in [-0.2, -0.15) is 0 Å². The number of ether oxygens (including phenoxy) is 2. The van der Waals surface area contributed by atoms with Crippen LogP contribution in [-0.4, -0.2) is 48.1 Å². The second-order valence-corrected chi connectivity index (χ2v) is 8.96. The summed E-state index contributed by atoms with van der Waals surface area (Å²) < 4.78 is 10.6. The summed E-state index contributed by atoms with van der Waals surface area (Å²) in [5.74, 6) is -0.414. The van der Waals surface area contributed by atoms with E-state index in [-0.39, 0.29) is 51.5 Å². The zero-order chi connectivity index (χ0) is 21.9. The molecule has 0 aliphatic carbocycles. The molecule has 0 spiro atoms. The quantitative estimate of drug-likeness (QED) is 0.366. The molecule has 2 rings (SSSR count). The Morgan fingerprint density at radius 2 is 2.03 bits per heavy atom. The first-order valence-corrected chi connectivity index (χ1v) is 10.0. The molecule has 29 heavy (non-hydrogen) atoms. The molecule has 1 fully saturated rings. The number of methoxy groups -OCH3 is 1. The molecule has 160 valence electrons. The zero-order valence-corrected chi connectivity index (χ0v) is 18.5. The van der Waals surface area contributed by atoms with Crippen LogP contribution in [0.3, 0.4) is 0 Å². The van der Waals surface area contributed by atoms with Crippen molar-refractivity contribution in [3.63, 3.8) is 0 Å². The fourth-order valence-corrected chi connectivity index (χ4v) is 4.43. The van der Waals surface area contributed by atoms with Gasteiger partial charge in [0.1, 0.15) is 4.47 Å². The number of nitro groups is 1. The van der Waals surface area contributed by atoms with Crippen molar-refractivity contribution in [1.82, 2.24) is 4.90 Å². The number of amides is 2. The van der Waals surface area contributed by atoms with E-state index in [1.807, 2.05) is 0 Å². The van der Waals surface area contributed by atoms with E-state index in [4.69, 9.17) is 15.2 Å². The smallest absolute Gasteiger partial charge is 0.409 e. The standard InChI is InChI=1S/C19H26BrN3O6/c1-19(2,3)16-11(10-22(16)18(25)28-4)6-5-7-29-14-9-12(17(21)24)8-13(20)15(14)23(26)27/h8-9,11,16H,5-7,10H2,1-4H3,(H2,21,24). The number of nitro benzene ring substituents is 1. The summed E-state index contributed by atoms with van der Waals surface area (Å²) in [7, 11) is 1.37. The van der Waals surface area contributed by atoms with Crippen molar-refractivity contribution in [2.75, 3.05) is 20.3 Å². The van der Waals surface area contributed by atoms with Crippen molar-refractivity contribution in [3.8, 4) is 5.75 Å². The van der Waals surface area contributed by atoms with E-state index in [2.05, 4.69) is 36.7 Å². The molecule has 2 N–H and O–H groups in total. The average molecular weight is 472 g/mol. The Balaban J connectivity index is 2.01. The zero-order valence-electron chi connectivity index (χ0n) is 16.9. The molecular weight excluding hydrogens is 446 g/mol. The van der Waals surface area contributed by atoms with Crippen LogP contribution in [0.25, 0.3) is 0 Å². The van der Waals surface area contributed by atoms with Crippen LogP contribution < -0.4 is 10.5 Å². The lowest BCUT2D eigenvalue weighted by Gasteiger charge is -2.53. The van der Waals surface area contributed by atoms with Gasteiger partial charge in [0.15, 0.2) is 5.75 Å². The van der Waals surface area contributed by atoms with Crippen LogP contribution in [0.4, 0.5) is 10.5 Å². The molecule has 10 heteroatoms. The number of hydrogen-bond acceptors (Lipinski definition) is 6. The highest BCUT2D eigenvalue weighted by molar-refractivity contribution is 9.10. The molecule has 2 atom stereocenters. The lowest BCUT2D eigenvalue weighted by Crippen LogP contribution is -2.63. The van der Waals surface area contributed by atoms with Crippen LogP contribution in [0.1, 0.15) is 44.0 Å². The average Bonchev–Trinajstić information content (AvgIpc) is 2.57. The van der Waals surface area contributed by atoms with Gasteiger partial charge >= 0.3 is 11.8 Å². The van der Waals surface area contributed by atoms with Crippen molar-refractivity contribution in [2.45, 2.75) is 39.7 Å². The second-order valence-electron chi connectivity index (χ2n) is 8.11. The number of nitrogens with two attached hydrogens (primary N) is 1. The van der Waals surface area contributed by atoms with Gasteiger partial charge in [-0.05, 0) is 46.2 Å². The van der Waals surface area contributed by atoms with Crippen LogP contribution in [0.15, 0.2) is 16.6 Å². The molecule has 2 amide bonds. The lowest BCUT2D eigenvalue weighted by molar-refractivity contribution is -0.386. The first kappa shape index (κ1) is 22.9. The van der Waals surface area contributed by atoms with Gasteiger partial charge < -0.3 is 20.1 Å². The fraction of sp³-hybridized carbons (Fsp3) is 0.579. The van der Waals surface area contributed by atoms with Crippen molar-refractivity contribution in [2.24, 2.45) is 17.1 Å². The molecular formula is C19H26BrN3O6. The first-order chi connectivity index (χ1) is 13.5. The molecule has 0 aromatic heterocycles. The Hall–Kier alpha value is -2.36. The molecule has 1 saturated heterocycles. The number of hydrogen-bond donors (Lipinski definition) is 1. The van der Waals surface area contributed by atoms with E-state index in [9.17, 15) is 19.7 Å². The molecule has 1 aromatic carbocycles. The maximum Gasteiger partial charge on any atom is 0.409 e. The molecule has 1 aliphatic heterocycles. The second kappa shape index (κ2) is 8.98. The number of primary amides is 1. The Morgan fingerprint density at radius 3 is 2.55 bits per heavy atom. The van der Waals surface area contributed by atoms with Crippen molar-refractivity contribution in [1.29, 1.82) is 0 Å². The van der Waals surface area contributed by atoms with Crippen molar-refractivity contribution >= 4 is 33.6 Å². The van der Waals surface area contributed by atoms with Gasteiger partial charge in [-0.3, -0.25) is 14.9 Å². The van der Waals surface area contributed by atoms with Crippen LogP contribution in [0.2, 0.25) is 0 Å². The fourth-order valence-electron chi connectivity index (χ4n) is 3.84. The van der Waals surface area contributed by atoms with Crippen LogP contribution in [0, 0.1) is 21.4 Å². The summed E-state index contributed by atoms with van der Waals surface area (Å²) in [5, 5.41) is 11.3. The Morgan fingerprint density at radius 1 is 1.38 bits per heavy atom. The summed E-state index contributed by atoms with van der Waals surface area (Å²) in [6.07, 6.45) is 1.10. The normalized spacial score (nSPS) is 18.7. The van der Waals surface area contributed by atoms with E-state index >= 15 is 0 Å². The Kier molecular flexibility index (Phi) is 7.10. The number of rotatable bonds is 7. The van der Waals surface area contributed by atoms with Crippen LogP contribution >= 0.6 is 15.9 Å². The monoisotopic (exact) mass is 471 g/mol. The molecule has 2 unspecified atom stereocenters. The number of benzene rings is 1. The SMILES string of the molecule is COC(=O)N1CC(CCCOc2cc(C(N)=O)cc(Br)c2[N+](=O)[O-])C1C(C)(C)C. The molecule has 1 aliphatic rings. The summed E-state index contributed by atoms with van der Waals surface area (Å²) in [6, 6.07) is 2.64. The van der Waals surface area contributed by atoms with E-state index in [0.29, 0.717) is 13.0 Å². The summed E-state index contributed by atoms with van der Waals surface area (Å²) in [6.45, 7) is 7.07. The Bertz CT molecular complexity index is 808. The van der Waals surface area contributed by atoms with Gasteiger partial charge in [0.05, 0.1) is 18.6 Å². The number of carbonyl (C=O) groups is 2. The van der Waals surface area contributed by atoms with Crippen LogP contribution in [0.5, 0.6) is 5.75 Å². The highest BCUT2D eigenvalue weighted by Crippen LogP contribution is 2.41. The molecule has 9 nitrogen and oxygen atoms in total. The number of likely N-dealkylation sites (tertiary alicyclic amines) is 1. The van der Waals surface area contributed by atoms with Gasteiger partial charge in [0.2, 0.25) is 5.91 Å². The van der Waals surface area contributed by atoms with Gasteiger partial charge in [-0.1, -0.05) is 20.8 Å². The number of nitrogens with zero attached hydrogens (tertiary/aromatic N) is 2. The summed E-state index contributed by atoms with van der Waals surface area (Å²) in [5.41, 5.74) is 5.05. The topological polar surface area (TPSA) is 125 Å². The largest absolute Gasteiger partial charge is 0.487 e. The van der Waals surface area contributed by atoms with Crippen molar-refractivity contribution in [3.05, 3.63) is 32.3 Å². The summed E-state index contributed by atoms with van der Waals surface area (Å²) >= 11 is 3.10. The third-order valence-corrected chi connectivity index (χ3v) is 5.59. The molecule has 0 saturated carbocycles. The number of carbonyl (C=O) groups excluding carboxylic acids is 2. The minimum Gasteiger partial charge on any atom is -0.487 e. The van der Waals surface area contributed by atoms with Crippen LogP contribution in [-0.2, 0) is 4.74 Å². The first-order valence-electron chi connectivity index (χ1n) is 9.22. The predicted octanol–water partition coefficient (Wildman–Crippen LogP) is 3.73. The molecule has 1 aromatic rings. The maximum atomic E-state index is 11.9. The Labute approximate surface area is 177 Å². The molecule has 1 heterocycles. The van der Waals surface area contributed by atoms with E-state index in [1.54, 1.807) is 4.90 Å². The maximum absolute atomic E-state index is 11.9. The minimum atomic E-state index is -0.698. The van der Waals surface area contributed by atoms with Gasteiger partial charge in [-0.25, -0.2) is 4.79 Å².